The lowest BCUT2D eigenvalue weighted by molar-refractivity contribution is -0.139. The molecule has 0 unspecified atom stereocenters. The summed E-state index contributed by atoms with van der Waals surface area (Å²) in [6, 6.07) is 0. The first-order chi connectivity index (χ1) is 4.70. The summed E-state index contributed by atoms with van der Waals surface area (Å²) >= 11 is 5.48. The minimum atomic E-state index is -0.288. The second kappa shape index (κ2) is 5.54. The summed E-state index contributed by atoms with van der Waals surface area (Å²) in [7, 11) is 0. The first kappa shape index (κ1) is 9.76. The Morgan fingerprint density at radius 2 is 2.20 bits per heavy atom. The van der Waals surface area contributed by atoms with Crippen molar-refractivity contribution in [1.82, 2.24) is 0 Å². The summed E-state index contributed by atoms with van der Waals surface area (Å²) in [6.07, 6.45) is 2.38. The maximum Gasteiger partial charge on any atom is 0.303 e. The molecule has 0 fully saturated rings. The number of alkyl halides is 1. The molecular weight excluding hydrogens is 152 g/mol. The van der Waals surface area contributed by atoms with Gasteiger partial charge in [-0.05, 0) is 6.42 Å². The zero-order valence-corrected chi connectivity index (χ0v) is 7.07. The van der Waals surface area contributed by atoms with E-state index in [0.29, 0.717) is 12.0 Å². The van der Waals surface area contributed by atoms with Crippen LogP contribution in [0.15, 0.2) is 0 Å². The van der Waals surface area contributed by atoms with Crippen LogP contribution in [-0.2, 0) is 9.53 Å². The molecule has 0 aromatic rings. The molecule has 0 aliphatic carbocycles. The molecule has 10 heavy (non-hydrogen) atoms. The smallest absolute Gasteiger partial charge is 0.303 e. The van der Waals surface area contributed by atoms with E-state index in [1.807, 2.05) is 6.92 Å². The normalized spacial score (nSPS) is 10.0. The molecule has 0 spiro atoms. The van der Waals surface area contributed by atoms with Crippen molar-refractivity contribution >= 4 is 17.6 Å². The SMILES string of the molecule is CCC[C](CCl)OC(C)=O. The molecule has 0 heterocycles. The molecule has 0 aliphatic heterocycles. The van der Waals surface area contributed by atoms with E-state index < -0.39 is 0 Å². The molecule has 1 radical (unpaired) electrons. The van der Waals surface area contributed by atoms with Crippen LogP contribution in [0.4, 0.5) is 0 Å². The zero-order chi connectivity index (χ0) is 7.98. The minimum Gasteiger partial charge on any atom is -0.454 e. The predicted octanol–water partition coefficient (Wildman–Crippen LogP) is 2.12. The maximum absolute atomic E-state index is 10.4. The Hall–Kier alpha value is -0.240. The van der Waals surface area contributed by atoms with Crippen molar-refractivity contribution < 1.29 is 9.53 Å². The molecule has 0 aromatic heterocycles. The van der Waals surface area contributed by atoms with Crippen molar-refractivity contribution in [3.63, 3.8) is 0 Å². The first-order valence-corrected chi connectivity index (χ1v) is 3.83. The summed E-state index contributed by atoms with van der Waals surface area (Å²) in [6.45, 7) is 3.39. The van der Waals surface area contributed by atoms with Crippen LogP contribution in [0.1, 0.15) is 26.7 Å². The van der Waals surface area contributed by atoms with Crippen LogP contribution < -0.4 is 0 Å². The molecule has 2 nitrogen and oxygen atoms in total. The van der Waals surface area contributed by atoms with Crippen molar-refractivity contribution in [2.75, 3.05) is 5.88 Å². The summed E-state index contributed by atoms with van der Waals surface area (Å²) < 4.78 is 4.79. The second-order valence-electron chi connectivity index (χ2n) is 2.02. The van der Waals surface area contributed by atoms with Crippen LogP contribution in [0.3, 0.4) is 0 Å². The fourth-order valence-corrected chi connectivity index (χ4v) is 0.815. The Morgan fingerprint density at radius 1 is 1.60 bits per heavy atom. The zero-order valence-electron chi connectivity index (χ0n) is 6.32. The van der Waals surface area contributed by atoms with E-state index in [-0.39, 0.29) is 5.97 Å². The van der Waals surface area contributed by atoms with Gasteiger partial charge in [0, 0.05) is 6.92 Å². The van der Waals surface area contributed by atoms with Crippen molar-refractivity contribution in [2.45, 2.75) is 26.7 Å². The number of carbonyl (C=O) groups excluding carboxylic acids is 1. The first-order valence-electron chi connectivity index (χ1n) is 3.29. The predicted molar refractivity (Wildman–Crippen MR) is 40.6 cm³/mol. The Labute approximate surface area is 66.5 Å². The highest BCUT2D eigenvalue weighted by atomic mass is 35.5. The monoisotopic (exact) mass is 163 g/mol. The van der Waals surface area contributed by atoms with Crippen LogP contribution in [0.25, 0.3) is 0 Å². The van der Waals surface area contributed by atoms with Crippen molar-refractivity contribution in [3.8, 4) is 0 Å². The number of carbonyl (C=O) groups is 1. The van der Waals surface area contributed by atoms with Gasteiger partial charge in [-0.25, -0.2) is 0 Å². The van der Waals surface area contributed by atoms with Gasteiger partial charge in [0.05, 0.1) is 5.88 Å². The number of hydrogen-bond acceptors (Lipinski definition) is 2. The van der Waals surface area contributed by atoms with Gasteiger partial charge in [-0.15, -0.1) is 11.6 Å². The fourth-order valence-electron chi connectivity index (χ4n) is 0.627. The number of esters is 1. The second-order valence-corrected chi connectivity index (χ2v) is 2.28. The summed E-state index contributed by atoms with van der Waals surface area (Å²) in [5.74, 6) is 0.0250. The van der Waals surface area contributed by atoms with Gasteiger partial charge in [0.25, 0.3) is 0 Å². The van der Waals surface area contributed by atoms with Crippen LogP contribution in [0, 0.1) is 6.10 Å². The molecule has 0 saturated carbocycles. The van der Waals surface area contributed by atoms with Gasteiger partial charge in [-0.2, -0.15) is 0 Å². The number of halogens is 1. The number of rotatable bonds is 4. The fraction of sp³-hybridized carbons (Fsp3) is 0.714. The molecule has 59 valence electrons. The quantitative estimate of drug-likeness (QED) is 0.469. The number of hydrogen-bond donors (Lipinski definition) is 0. The summed E-state index contributed by atoms with van der Waals surface area (Å²) in [5, 5.41) is 0. The molecule has 0 aliphatic rings. The van der Waals surface area contributed by atoms with Gasteiger partial charge in [0.1, 0.15) is 0 Å². The third-order valence-corrected chi connectivity index (χ3v) is 1.26. The highest BCUT2D eigenvalue weighted by Crippen LogP contribution is 2.12. The molecule has 0 N–H and O–H groups in total. The van der Waals surface area contributed by atoms with Crippen molar-refractivity contribution in [2.24, 2.45) is 0 Å². The van der Waals surface area contributed by atoms with Gasteiger partial charge in [0.2, 0.25) is 0 Å². The molecule has 0 bridgehead atoms. The average molecular weight is 164 g/mol. The van der Waals surface area contributed by atoms with E-state index in [9.17, 15) is 4.79 Å². The molecule has 0 atom stereocenters. The summed E-state index contributed by atoms with van der Waals surface area (Å²) in [5.41, 5.74) is 0. The lowest BCUT2D eigenvalue weighted by Crippen LogP contribution is -2.08. The Kier molecular flexibility index (Phi) is 5.40. The highest BCUT2D eigenvalue weighted by Gasteiger charge is 2.09. The van der Waals surface area contributed by atoms with Crippen molar-refractivity contribution in [3.05, 3.63) is 6.10 Å². The Bertz CT molecular complexity index is 104. The molecule has 3 heteroatoms. The lowest BCUT2D eigenvalue weighted by atomic mass is 10.2. The molecule has 0 rings (SSSR count). The maximum atomic E-state index is 10.4. The molecule has 0 aromatic carbocycles. The highest BCUT2D eigenvalue weighted by molar-refractivity contribution is 6.19. The van der Waals surface area contributed by atoms with Gasteiger partial charge >= 0.3 is 5.97 Å². The van der Waals surface area contributed by atoms with Crippen LogP contribution in [0.5, 0.6) is 0 Å². The summed E-state index contributed by atoms with van der Waals surface area (Å²) in [4.78, 5) is 10.4. The van der Waals surface area contributed by atoms with Gasteiger partial charge in [-0.3, -0.25) is 4.79 Å². The molecular formula is C7H12ClO2. The lowest BCUT2D eigenvalue weighted by Gasteiger charge is -2.09. The average Bonchev–Trinajstić information content (AvgIpc) is 1.86. The van der Waals surface area contributed by atoms with E-state index in [4.69, 9.17) is 16.3 Å². The Balaban J connectivity index is 3.49. The van der Waals surface area contributed by atoms with Crippen LogP contribution in [0.2, 0.25) is 0 Å². The third-order valence-electron chi connectivity index (χ3n) is 0.966. The van der Waals surface area contributed by atoms with E-state index in [0.717, 1.165) is 12.8 Å². The van der Waals surface area contributed by atoms with Gasteiger partial charge in [-0.1, -0.05) is 13.3 Å². The van der Waals surface area contributed by atoms with E-state index in [1.54, 1.807) is 0 Å². The largest absolute Gasteiger partial charge is 0.454 e. The van der Waals surface area contributed by atoms with Crippen LogP contribution in [-0.4, -0.2) is 11.8 Å². The van der Waals surface area contributed by atoms with E-state index >= 15 is 0 Å². The topological polar surface area (TPSA) is 26.3 Å². The molecule has 0 amide bonds. The minimum absolute atomic E-state index is 0.288. The van der Waals surface area contributed by atoms with E-state index in [2.05, 4.69) is 0 Å². The van der Waals surface area contributed by atoms with Crippen LogP contribution >= 0.6 is 11.6 Å². The Morgan fingerprint density at radius 3 is 2.50 bits per heavy atom. The van der Waals surface area contributed by atoms with Gasteiger partial charge in [0.15, 0.2) is 6.10 Å². The van der Waals surface area contributed by atoms with Gasteiger partial charge < -0.3 is 4.74 Å². The number of ether oxygens (including phenoxy) is 1. The van der Waals surface area contributed by atoms with Crippen molar-refractivity contribution in [1.29, 1.82) is 0 Å². The standard InChI is InChI=1S/C7H12ClO2/c1-3-4-7(5-8)10-6(2)9/h3-5H2,1-2H3. The third kappa shape index (κ3) is 4.62. The van der Waals surface area contributed by atoms with E-state index in [1.165, 1.54) is 6.92 Å². The molecule has 0 saturated heterocycles.